The van der Waals surface area contributed by atoms with E-state index in [1.165, 1.54) is 20.3 Å². The number of ether oxygens (including phenoxy) is 2. The van der Waals surface area contributed by atoms with Gasteiger partial charge in [-0.3, -0.25) is 4.84 Å². The third kappa shape index (κ3) is 6.91. The van der Waals surface area contributed by atoms with Crippen molar-refractivity contribution in [3.05, 3.63) is 60.1 Å². The average molecular weight is 452 g/mol. The molecule has 2 aromatic rings. The monoisotopic (exact) mass is 452 g/mol. The largest absolute Gasteiger partial charge is 0.495 e. The Morgan fingerprint density at radius 2 is 1.69 bits per heavy atom. The van der Waals surface area contributed by atoms with Gasteiger partial charge in [-0.25, -0.2) is 18.0 Å². The molecule has 1 amide bonds. The number of amides is 1. The number of halogens is 3. The van der Waals surface area contributed by atoms with E-state index in [0.29, 0.717) is 11.8 Å². The van der Waals surface area contributed by atoms with Crippen LogP contribution in [0.1, 0.15) is 27.2 Å². The summed E-state index contributed by atoms with van der Waals surface area (Å²) in [5, 5.41) is 3.97. The maximum absolute atomic E-state index is 14.7. The van der Waals surface area contributed by atoms with Crippen LogP contribution in [0.2, 0.25) is 0 Å². The number of anilines is 1. The topological polar surface area (TPSA) is 60.0 Å². The minimum Gasteiger partial charge on any atom is -0.495 e. The van der Waals surface area contributed by atoms with E-state index in [4.69, 9.17) is 14.3 Å². The van der Waals surface area contributed by atoms with Gasteiger partial charge >= 0.3 is 6.09 Å². The maximum Gasteiger partial charge on any atom is 0.434 e. The number of benzene rings is 2. The molecule has 2 rings (SSSR count). The molecule has 0 saturated carbocycles. The fraction of sp³-hybridized carbons (Fsp3) is 0.348. The molecule has 0 radical (unpaired) electrons. The van der Waals surface area contributed by atoms with E-state index in [0.717, 1.165) is 23.3 Å². The molecule has 0 aliphatic rings. The molecule has 0 fully saturated rings. The van der Waals surface area contributed by atoms with Crippen LogP contribution in [0.3, 0.4) is 0 Å². The summed E-state index contributed by atoms with van der Waals surface area (Å²) in [6, 6.07) is 5.25. The highest BCUT2D eigenvalue weighted by Crippen LogP contribution is 2.35. The van der Waals surface area contributed by atoms with Gasteiger partial charge in [0.15, 0.2) is 0 Å². The zero-order valence-electron chi connectivity index (χ0n) is 18.7. The van der Waals surface area contributed by atoms with Crippen molar-refractivity contribution in [1.82, 2.24) is 5.06 Å². The third-order valence-electron chi connectivity index (χ3n) is 4.21. The van der Waals surface area contributed by atoms with Gasteiger partial charge in [0.2, 0.25) is 0 Å². The van der Waals surface area contributed by atoms with Gasteiger partial charge in [-0.2, -0.15) is 5.06 Å². The SMILES string of the molecule is C=C(CCN(OC)C(=O)OC(C)(C)C)Nc1cc(F)c(-c2cc(F)cc(F)c2)cc1OC. The lowest BCUT2D eigenvalue weighted by molar-refractivity contribution is -0.123. The normalized spacial score (nSPS) is 11.1. The summed E-state index contributed by atoms with van der Waals surface area (Å²) in [4.78, 5) is 17.2. The lowest BCUT2D eigenvalue weighted by Gasteiger charge is -2.25. The lowest BCUT2D eigenvalue weighted by Crippen LogP contribution is -2.37. The summed E-state index contributed by atoms with van der Waals surface area (Å²) in [7, 11) is 2.72. The van der Waals surface area contributed by atoms with Crippen molar-refractivity contribution in [2.24, 2.45) is 0 Å². The Labute approximate surface area is 185 Å². The Morgan fingerprint density at radius 3 is 2.22 bits per heavy atom. The summed E-state index contributed by atoms with van der Waals surface area (Å²) in [6.07, 6.45) is -0.391. The Hall–Kier alpha value is -3.20. The van der Waals surface area contributed by atoms with E-state index in [9.17, 15) is 18.0 Å². The fourth-order valence-corrected chi connectivity index (χ4v) is 2.81. The van der Waals surface area contributed by atoms with E-state index in [1.54, 1.807) is 20.8 Å². The van der Waals surface area contributed by atoms with Gasteiger partial charge < -0.3 is 14.8 Å². The molecule has 0 bridgehead atoms. The summed E-state index contributed by atoms with van der Waals surface area (Å²) in [6.45, 7) is 9.22. The predicted octanol–water partition coefficient (Wildman–Crippen LogP) is 5.89. The molecule has 174 valence electrons. The van der Waals surface area contributed by atoms with Crippen molar-refractivity contribution < 1.29 is 32.3 Å². The molecule has 0 aliphatic heterocycles. The molecule has 0 spiro atoms. The minimum absolute atomic E-state index is 0.0214. The number of nitrogens with one attached hydrogen (secondary N) is 1. The van der Waals surface area contributed by atoms with Crippen molar-refractivity contribution in [2.45, 2.75) is 32.8 Å². The molecule has 1 N–H and O–H groups in total. The number of methoxy groups -OCH3 is 1. The second kappa shape index (κ2) is 10.4. The highest BCUT2D eigenvalue weighted by molar-refractivity contribution is 5.72. The minimum atomic E-state index is -0.818. The molecule has 0 aromatic heterocycles. The molecule has 0 saturated heterocycles. The summed E-state index contributed by atoms with van der Waals surface area (Å²) >= 11 is 0. The van der Waals surface area contributed by atoms with Crippen LogP contribution in [0.4, 0.5) is 23.7 Å². The second-order valence-electron chi connectivity index (χ2n) is 7.93. The molecule has 0 heterocycles. The van der Waals surface area contributed by atoms with Crippen molar-refractivity contribution in [1.29, 1.82) is 0 Å². The quantitative estimate of drug-likeness (QED) is 0.506. The highest BCUT2D eigenvalue weighted by atomic mass is 19.1. The van der Waals surface area contributed by atoms with E-state index >= 15 is 0 Å². The van der Waals surface area contributed by atoms with Crippen molar-refractivity contribution >= 4 is 11.8 Å². The van der Waals surface area contributed by atoms with Gasteiger partial charge in [-0.15, -0.1) is 0 Å². The van der Waals surface area contributed by atoms with Crippen LogP contribution >= 0.6 is 0 Å². The first-order valence-electron chi connectivity index (χ1n) is 9.77. The van der Waals surface area contributed by atoms with Crippen LogP contribution in [0, 0.1) is 17.5 Å². The van der Waals surface area contributed by atoms with E-state index in [2.05, 4.69) is 11.9 Å². The predicted molar refractivity (Wildman–Crippen MR) is 116 cm³/mol. The van der Waals surface area contributed by atoms with E-state index < -0.39 is 29.1 Å². The fourth-order valence-electron chi connectivity index (χ4n) is 2.81. The first-order valence-corrected chi connectivity index (χ1v) is 9.77. The van der Waals surface area contributed by atoms with E-state index in [1.807, 2.05) is 0 Å². The van der Waals surface area contributed by atoms with Crippen LogP contribution in [0.25, 0.3) is 11.1 Å². The number of rotatable bonds is 8. The summed E-state index contributed by atoms with van der Waals surface area (Å²) in [5.74, 6) is -2.11. The van der Waals surface area contributed by atoms with Gasteiger partial charge in [-0.1, -0.05) is 6.58 Å². The molecule has 2 aromatic carbocycles. The van der Waals surface area contributed by atoms with Crippen LogP contribution < -0.4 is 10.1 Å². The number of hydrogen-bond acceptors (Lipinski definition) is 5. The van der Waals surface area contributed by atoms with Gasteiger partial charge in [0.1, 0.15) is 28.8 Å². The smallest absolute Gasteiger partial charge is 0.434 e. The van der Waals surface area contributed by atoms with Gasteiger partial charge in [-0.05, 0) is 44.5 Å². The third-order valence-corrected chi connectivity index (χ3v) is 4.21. The Bertz CT molecular complexity index is 970. The van der Waals surface area contributed by atoms with Crippen LogP contribution in [0.5, 0.6) is 5.75 Å². The molecular weight excluding hydrogens is 425 g/mol. The van der Waals surface area contributed by atoms with E-state index in [-0.39, 0.29) is 35.5 Å². The molecule has 0 atom stereocenters. The van der Waals surface area contributed by atoms with Crippen molar-refractivity contribution in [3.8, 4) is 16.9 Å². The number of hydroxylamine groups is 2. The lowest BCUT2D eigenvalue weighted by atomic mass is 10.0. The van der Waals surface area contributed by atoms with Crippen LogP contribution in [-0.2, 0) is 9.57 Å². The Morgan fingerprint density at radius 1 is 1.06 bits per heavy atom. The Balaban J connectivity index is 2.14. The molecule has 9 heteroatoms. The first kappa shape index (κ1) is 25.1. The maximum atomic E-state index is 14.7. The zero-order chi connectivity index (χ0) is 24.1. The molecule has 32 heavy (non-hydrogen) atoms. The van der Waals surface area contributed by atoms with Crippen LogP contribution in [-0.4, -0.2) is 37.5 Å². The van der Waals surface area contributed by atoms with Gasteiger partial charge in [0, 0.05) is 29.8 Å². The van der Waals surface area contributed by atoms with Crippen molar-refractivity contribution in [2.75, 3.05) is 26.1 Å². The summed E-state index contributed by atoms with van der Waals surface area (Å²) < 4.78 is 52.4. The highest BCUT2D eigenvalue weighted by Gasteiger charge is 2.22. The molecule has 0 unspecified atom stereocenters. The van der Waals surface area contributed by atoms with Crippen LogP contribution in [0.15, 0.2) is 42.6 Å². The number of carbonyl (C=O) groups excluding carboxylic acids is 1. The standard InChI is InChI=1S/C23H27F3N2O4/c1-14(7-8-28(31-6)22(29)32-23(2,3)4)27-20-13-19(26)18(12-21(20)30-5)15-9-16(24)11-17(25)10-15/h9-13,27H,1,7-8H2,2-6H3. The van der Waals surface area contributed by atoms with Gasteiger partial charge in [0.05, 0.1) is 26.5 Å². The van der Waals surface area contributed by atoms with Crippen molar-refractivity contribution in [3.63, 3.8) is 0 Å². The average Bonchev–Trinajstić information content (AvgIpc) is 2.66. The number of carbonyl (C=O) groups is 1. The van der Waals surface area contributed by atoms with Gasteiger partial charge in [0.25, 0.3) is 0 Å². The molecular formula is C23H27F3N2O4. The number of hydrogen-bond donors (Lipinski definition) is 1. The molecule has 6 nitrogen and oxygen atoms in total. The summed E-state index contributed by atoms with van der Waals surface area (Å²) in [5.41, 5.74) is 0.0405. The zero-order valence-corrected chi connectivity index (χ0v) is 18.7. The Kier molecular flexibility index (Phi) is 8.15. The first-order chi connectivity index (χ1) is 14.9. The molecule has 0 aliphatic carbocycles. The number of nitrogens with zero attached hydrogens (tertiary/aromatic N) is 1. The second-order valence-corrected chi connectivity index (χ2v) is 7.93.